The lowest BCUT2D eigenvalue weighted by atomic mass is 10.0. The number of methoxy groups -OCH3 is 1. The maximum atomic E-state index is 13.1. The molecule has 0 saturated carbocycles. The molecule has 1 aromatic carbocycles. The summed E-state index contributed by atoms with van der Waals surface area (Å²) in [6.07, 6.45) is -1.37. The number of thiophene rings is 1. The molecule has 4 rings (SSSR count). The van der Waals surface area contributed by atoms with Crippen LogP contribution in [-0.2, 0) is 27.2 Å². The number of anilines is 1. The summed E-state index contributed by atoms with van der Waals surface area (Å²) >= 11 is 1.25. The number of benzene rings is 1. The van der Waals surface area contributed by atoms with Gasteiger partial charge in [-0.25, -0.2) is 9.59 Å². The average molecular weight is 461 g/mol. The molecule has 0 saturated heterocycles. The van der Waals surface area contributed by atoms with Crippen LogP contribution in [0.25, 0.3) is 0 Å². The lowest BCUT2D eigenvalue weighted by Crippen LogP contribution is -2.46. The predicted octanol–water partition coefficient (Wildman–Crippen LogP) is 3.22. The topological polar surface area (TPSA) is 103 Å². The highest BCUT2D eigenvalue weighted by molar-refractivity contribution is 7.17. The van der Waals surface area contributed by atoms with E-state index in [4.69, 9.17) is 18.9 Å². The lowest BCUT2D eigenvalue weighted by molar-refractivity contribution is -0.127. The Bertz CT molecular complexity index is 1050. The van der Waals surface area contributed by atoms with E-state index in [0.717, 1.165) is 10.4 Å². The first-order valence-corrected chi connectivity index (χ1v) is 11.1. The van der Waals surface area contributed by atoms with Crippen LogP contribution in [-0.4, -0.2) is 55.3 Å². The minimum absolute atomic E-state index is 0.284. The Morgan fingerprint density at radius 1 is 1.22 bits per heavy atom. The van der Waals surface area contributed by atoms with E-state index in [2.05, 4.69) is 5.32 Å². The van der Waals surface area contributed by atoms with Crippen molar-refractivity contribution in [1.82, 2.24) is 4.90 Å². The van der Waals surface area contributed by atoms with Crippen molar-refractivity contribution in [2.45, 2.75) is 39.0 Å². The standard InChI is InChI=1S/C22H24N2O7S/c1-4-29-22(27)24-10-9-13-16(11-24)32-20(17(13)21(26)28-3)23-19(25)18-12(2)30-14-7-5-6-8-15(14)31-18/h5-8,12,18H,4,9-11H2,1-3H3,(H,23,25). The van der Waals surface area contributed by atoms with E-state index >= 15 is 0 Å². The van der Waals surface area contributed by atoms with E-state index < -0.39 is 30.2 Å². The summed E-state index contributed by atoms with van der Waals surface area (Å²) < 4.78 is 21.7. The van der Waals surface area contributed by atoms with Gasteiger partial charge >= 0.3 is 12.1 Å². The van der Waals surface area contributed by atoms with E-state index in [1.807, 2.05) is 6.07 Å². The molecule has 0 aliphatic carbocycles. The molecule has 1 N–H and O–H groups in total. The van der Waals surface area contributed by atoms with Gasteiger partial charge in [0, 0.05) is 11.4 Å². The van der Waals surface area contributed by atoms with Crippen LogP contribution in [0.15, 0.2) is 24.3 Å². The van der Waals surface area contributed by atoms with Gasteiger partial charge in [-0.05, 0) is 38.0 Å². The van der Waals surface area contributed by atoms with Gasteiger partial charge in [-0.2, -0.15) is 0 Å². The van der Waals surface area contributed by atoms with Crippen LogP contribution >= 0.6 is 11.3 Å². The Labute approximate surface area is 189 Å². The first-order valence-electron chi connectivity index (χ1n) is 10.3. The fourth-order valence-electron chi connectivity index (χ4n) is 3.77. The Kier molecular flexibility index (Phi) is 6.22. The number of nitrogens with zero attached hydrogens (tertiary/aromatic N) is 1. The summed E-state index contributed by atoms with van der Waals surface area (Å²) in [5, 5.41) is 3.19. The number of ether oxygens (including phenoxy) is 4. The van der Waals surface area contributed by atoms with Gasteiger partial charge in [0.05, 0.1) is 25.8 Å². The van der Waals surface area contributed by atoms with Gasteiger partial charge in [0.25, 0.3) is 5.91 Å². The molecule has 170 valence electrons. The molecule has 0 bridgehead atoms. The van der Waals surface area contributed by atoms with E-state index in [9.17, 15) is 14.4 Å². The maximum absolute atomic E-state index is 13.1. The molecule has 2 unspecified atom stereocenters. The molecule has 2 amide bonds. The van der Waals surface area contributed by atoms with Gasteiger partial charge < -0.3 is 29.2 Å². The van der Waals surface area contributed by atoms with Gasteiger partial charge in [0.15, 0.2) is 11.5 Å². The Morgan fingerprint density at radius 3 is 2.62 bits per heavy atom. The minimum atomic E-state index is -0.898. The third-order valence-corrected chi connectivity index (χ3v) is 6.44. The Balaban J connectivity index is 1.58. The number of amides is 2. The smallest absolute Gasteiger partial charge is 0.410 e. The molecular weight excluding hydrogens is 436 g/mol. The summed E-state index contributed by atoms with van der Waals surface area (Å²) in [6, 6.07) is 7.13. The van der Waals surface area contributed by atoms with Crippen molar-refractivity contribution in [3.05, 3.63) is 40.3 Å². The molecule has 9 nitrogen and oxygen atoms in total. The summed E-state index contributed by atoms with van der Waals surface area (Å²) in [4.78, 5) is 40.1. The van der Waals surface area contributed by atoms with Crippen LogP contribution < -0.4 is 14.8 Å². The zero-order valence-corrected chi connectivity index (χ0v) is 18.8. The second kappa shape index (κ2) is 9.07. The van der Waals surface area contributed by atoms with Crippen molar-refractivity contribution in [3.63, 3.8) is 0 Å². The fraction of sp³-hybridized carbons (Fsp3) is 0.409. The molecule has 0 radical (unpaired) electrons. The number of carbonyl (C=O) groups is 3. The Morgan fingerprint density at radius 2 is 1.94 bits per heavy atom. The van der Waals surface area contributed by atoms with Crippen molar-refractivity contribution in [2.24, 2.45) is 0 Å². The third-order valence-electron chi connectivity index (χ3n) is 5.31. The van der Waals surface area contributed by atoms with Gasteiger partial charge in [-0.3, -0.25) is 4.79 Å². The molecule has 0 fully saturated rings. The number of hydrogen-bond donors (Lipinski definition) is 1. The number of para-hydroxylation sites is 2. The van der Waals surface area contributed by atoms with Crippen molar-refractivity contribution in [2.75, 3.05) is 25.6 Å². The number of hydrogen-bond acceptors (Lipinski definition) is 8. The van der Waals surface area contributed by atoms with E-state index in [1.165, 1.54) is 18.4 Å². The van der Waals surface area contributed by atoms with E-state index in [1.54, 1.807) is 36.9 Å². The number of rotatable bonds is 4. The minimum Gasteiger partial charge on any atom is -0.482 e. The normalized spacial score (nSPS) is 19.0. The highest BCUT2D eigenvalue weighted by atomic mass is 32.1. The zero-order valence-electron chi connectivity index (χ0n) is 18.0. The van der Waals surface area contributed by atoms with Crippen LogP contribution in [0.3, 0.4) is 0 Å². The molecule has 10 heteroatoms. The molecule has 2 aliphatic heterocycles. The van der Waals surface area contributed by atoms with Crippen molar-refractivity contribution < 1.29 is 33.3 Å². The van der Waals surface area contributed by atoms with Gasteiger partial charge in [-0.15, -0.1) is 11.3 Å². The summed E-state index contributed by atoms with van der Waals surface area (Å²) in [6.45, 7) is 4.49. The second-order valence-electron chi connectivity index (χ2n) is 7.37. The first kappa shape index (κ1) is 21.9. The van der Waals surface area contributed by atoms with Crippen LogP contribution in [0.5, 0.6) is 11.5 Å². The van der Waals surface area contributed by atoms with Crippen molar-refractivity contribution >= 4 is 34.3 Å². The molecule has 2 aromatic rings. The largest absolute Gasteiger partial charge is 0.482 e. The SMILES string of the molecule is CCOC(=O)N1CCc2c(sc(NC(=O)C3Oc4ccccc4OC3C)c2C(=O)OC)C1. The predicted molar refractivity (Wildman–Crippen MR) is 116 cm³/mol. The van der Waals surface area contributed by atoms with Crippen LogP contribution in [0, 0.1) is 0 Å². The highest BCUT2D eigenvalue weighted by Gasteiger charge is 2.36. The zero-order chi connectivity index (χ0) is 22.8. The number of carbonyl (C=O) groups excluding carboxylic acids is 3. The van der Waals surface area contributed by atoms with Gasteiger partial charge in [-0.1, -0.05) is 12.1 Å². The first-order chi connectivity index (χ1) is 15.4. The van der Waals surface area contributed by atoms with Crippen LogP contribution in [0.1, 0.15) is 34.6 Å². The molecule has 3 heterocycles. The number of esters is 1. The van der Waals surface area contributed by atoms with Crippen molar-refractivity contribution in [3.8, 4) is 11.5 Å². The molecule has 2 atom stereocenters. The Hall–Kier alpha value is -3.27. The fourth-order valence-corrected chi connectivity index (χ4v) is 5.02. The molecule has 32 heavy (non-hydrogen) atoms. The summed E-state index contributed by atoms with van der Waals surface area (Å²) in [5.74, 6) is 0.0824. The number of nitrogens with one attached hydrogen (secondary N) is 1. The third kappa shape index (κ3) is 4.10. The summed E-state index contributed by atoms with van der Waals surface area (Å²) in [7, 11) is 1.29. The maximum Gasteiger partial charge on any atom is 0.410 e. The van der Waals surface area contributed by atoms with Crippen molar-refractivity contribution in [1.29, 1.82) is 0 Å². The highest BCUT2D eigenvalue weighted by Crippen LogP contribution is 2.39. The van der Waals surface area contributed by atoms with Gasteiger partial charge in [0.1, 0.15) is 11.1 Å². The molecular formula is C22H24N2O7S. The average Bonchev–Trinajstić information content (AvgIpc) is 3.15. The van der Waals surface area contributed by atoms with E-state index in [0.29, 0.717) is 41.6 Å². The monoisotopic (exact) mass is 460 g/mol. The van der Waals surface area contributed by atoms with Crippen LogP contribution in [0.4, 0.5) is 9.80 Å². The molecule has 0 spiro atoms. The quantitative estimate of drug-likeness (QED) is 0.699. The molecule has 2 aliphatic rings. The molecule has 1 aromatic heterocycles. The second-order valence-corrected chi connectivity index (χ2v) is 8.47. The van der Waals surface area contributed by atoms with E-state index in [-0.39, 0.29) is 6.61 Å². The lowest BCUT2D eigenvalue weighted by Gasteiger charge is -2.30. The van der Waals surface area contributed by atoms with Gasteiger partial charge in [0.2, 0.25) is 6.10 Å². The summed E-state index contributed by atoms with van der Waals surface area (Å²) in [5.41, 5.74) is 1.09. The van der Waals surface area contributed by atoms with Crippen LogP contribution in [0.2, 0.25) is 0 Å². The number of fused-ring (bicyclic) bond motifs is 2.